The zero-order valence-corrected chi connectivity index (χ0v) is 16.8. The van der Waals surface area contributed by atoms with Crippen molar-refractivity contribution in [2.24, 2.45) is 0 Å². The van der Waals surface area contributed by atoms with E-state index < -0.39 is 29.7 Å². The van der Waals surface area contributed by atoms with Gasteiger partial charge in [-0.15, -0.1) is 0 Å². The number of ether oxygens (including phenoxy) is 1. The van der Waals surface area contributed by atoms with Crippen LogP contribution in [0.15, 0.2) is 24.5 Å². The highest BCUT2D eigenvalue weighted by molar-refractivity contribution is 6.07. The summed E-state index contributed by atoms with van der Waals surface area (Å²) >= 11 is 0. The minimum atomic E-state index is -0.632. The number of H-pyrrole nitrogens is 1. The Balaban J connectivity index is 1.65. The Labute approximate surface area is 176 Å². The first-order valence-corrected chi connectivity index (χ1v) is 9.92. The molecule has 3 heterocycles. The van der Waals surface area contributed by atoms with Crippen LogP contribution in [0, 0.1) is 11.6 Å². The highest BCUT2D eigenvalue weighted by Gasteiger charge is 2.28. The molecule has 0 spiro atoms. The Morgan fingerprint density at radius 3 is 3.00 bits per heavy atom. The summed E-state index contributed by atoms with van der Waals surface area (Å²) in [6.45, 7) is 2.62. The molecule has 0 aliphatic carbocycles. The molecule has 0 radical (unpaired) electrons. The summed E-state index contributed by atoms with van der Waals surface area (Å²) in [5, 5.41) is 20.4. The maximum Gasteiger partial charge on any atom is 0.273 e. The van der Waals surface area contributed by atoms with E-state index in [0.29, 0.717) is 24.2 Å². The van der Waals surface area contributed by atoms with Crippen molar-refractivity contribution in [1.82, 2.24) is 25.1 Å². The number of nitrogens with one attached hydrogen (secondary N) is 2. The van der Waals surface area contributed by atoms with Crippen molar-refractivity contribution >= 4 is 22.8 Å². The molecule has 3 N–H and O–H groups in total. The second kappa shape index (κ2) is 8.90. The Morgan fingerprint density at radius 2 is 2.23 bits per heavy atom. The lowest BCUT2D eigenvalue weighted by molar-refractivity contribution is 0.00308. The van der Waals surface area contributed by atoms with Crippen molar-refractivity contribution in [3.05, 3.63) is 47.4 Å². The minimum Gasteiger partial charge on any atom is -0.391 e. The van der Waals surface area contributed by atoms with Gasteiger partial charge in [-0.2, -0.15) is 5.10 Å². The first kappa shape index (κ1) is 21.1. The largest absolute Gasteiger partial charge is 0.391 e. The van der Waals surface area contributed by atoms with Crippen molar-refractivity contribution in [1.29, 1.82) is 0 Å². The third-order valence-electron chi connectivity index (χ3n) is 5.24. The molecule has 9 nitrogen and oxygen atoms in total. The number of aromatic nitrogens is 4. The predicted octanol–water partition coefficient (Wildman–Crippen LogP) is 1.86. The van der Waals surface area contributed by atoms with Gasteiger partial charge in [-0.3, -0.25) is 9.89 Å². The van der Waals surface area contributed by atoms with Crippen molar-refractivity contribution in [3.8, 4) is 0 Å². The molecule has 11 heteroatoms. The van der Waals surface area contributed by atoms with Gasteiger partial charge in [-0.1, -0.05) is 0 Å². The highest BCUT2D eigenvalue weighted by atomic mass is 19.1. The lowest BCUT2D eigenvalue weighted by atomic mass is 10.1. The Kier molecular flexibility index (Phi) is 6.05. The molecule has 1 aliphatic heterocycles. The standard InChI is InChI=1S/C20H22F2N6O3/c1-2-28(8-11-7-12(21)3-4-13(11)22)20(30)17-16-18(23-10-24-19(16)27-26-17)25-14-9-31-6-5-15(14)29/h3-4,7,10,14-15,29H,2,5-6,8-9H2,1H3,(H2,23,24,25,26,27)/t14-,15-/m1/s1. The van der Waals surface area contributed by atoms with Gasteiger partial charge in [0.25, 0.3) is 5.91 Å². The summed E-state index contributed by atoms with van der Waals surface area (Å²) in [5.74, 6) is -1.32. The van der Waals surface area contributed by atoms with E-state index in [-0.39, 0.29) is 36.6 Å². The SMILES string of the molecule is CCN(Cc1cc(F)ccc1F)C(=O)c1[nH]nc2ncnc(N[C@@H]3COCC[C@H]3O)c12. The number of hydrogen-bond donors (Lipinski definition) is 3. The summed E-state index contributed by atoms with van der Waals surface area (Å²) in [6, 6.07) is 2.71. The van der Waals surface area contributed by atoms with Gasteiger partial charge in [-0.05, 0) is 31.5 Å². The van der Waals surface area contributed by atoms with Gasteiger partial charge in [0.2, 0.25) is 0 Å². The lowest BCUT2D eigenvalue weighted by Crippen LogP contribution is -2.42. The molecule has 0 unspecified atom stereocenters. The molecule has 1 aromatic carbocycles. The third kappa shape index (κ3) is 4.32. The number of nitrogens with zero attached hydrogens (tertiary/aromatic N) is 4. The monoisotopic (exact) mass is 432 g/mol. The summed E-state index contributed by atoms with van der Waals surface area (Å²) in [4.78, 5) is 22.9. The molecule has 3 aromatic rings. The van der Waals surface area contributed by atoms with Crippen molar-refractivity contribution in [2.75, 3.05) is 25.1 Å². The summed E-state index contributed by atoms with van der Waals surface area (Å²) < 4.78 is 33.1. The van der Waals surface area contributed by atoms with Crippen LogP contribution in [0.4, 0.5) is 14.6 Å². The zero-order chi connectivity index (χ0) is 22.0. The van der Waals surface area contributed by atoms with Crippen LogP contribution in [-0.2, 0) is 11.3 Å². The number of aliphatic hydroxyl groups excluding tert-OH is 1. The highest BCUT2D eigenvalue weighted by Crippen LogP contribution is 2.25. The van der Waals surface area contributed by atoms with E-state index in [4.69, 9.17) is 4.74 Å². The first-order valence-electron chi connectivity index (χ1n) is 9.92. The maximum absolute atomic E-state index is 14.1. The fourth-order valence-electron chi connectivity index (χ4n) is 3.52. The smallest absolute Gasteiger partial charge is 0.273 e. The Hall–Kier alpha value is -3.18. The van der Waals surface area contributed by atoms with Crippen molar-refractivity contribution < 1.29 is 23.4 Å². The van der Waals surface area contributed by atoms with Gasteiger partial charge in [0, 0.05) is 25.3 Å². The fourth-order valence-corrected chi connectivity index (χ4v) is 3.52. The van der Waals surface area contributed by atoms with Gasteiger partial charge < -0.3 is 20.1 Å². The normalized spacial score (nSPS) is 18.8. The number of carbonyl (C=O) groups excluding carboxylic acids is 1. The van der Waals surface area contributed by atoms with E-state index in [9.17, 15) is 18.7 Å². The number of amides is 1. The van der Waals surface area contributed by atoms with Crippen LogP contribution in [-0.4, -0.2) is 68.0 Å². The Bertz CT molecular complexity index is 1090. The van der Waals surface area contributed by atoms with Crippen LogP contribution in [0.3, 0.4) is 0 Å². The van der Waals surface area contributed by atoms with Crippen LogP contribution in [0.25, 0.3) is 11.0 Å². The molecule has 4 rings (SSSR count). The van der Waals surface area contributed by atoms with E-state index in [2.05, 4.69) is 25.5 Å². The van der Waals surface area contributed by atoms with E-state index in [1.165, 1.54) is 11.2 Å². The quantitative estimate of drug-likeness (QED) is 0.544. The van der Waals surface area contributed by atoms with Gasteiger partial charge in [0.05, 0.1) is 24.1 Å². The molecule has 2 aromatic heterocycles. The molecule has 2 atom stereocenters. The number of hydrogen-bond acceptors (Lipinski definition) is 7. The molecule has 31 heavy (non-hydrogen) atoms. The van der Waals surface area contributed by atoms with Gasteiger partial charge in [0.1, 0.15) is 29.5 Å². The van der Waals surface area contributed by atoms with Crippen molar-refractivity contribution in [3.63, 3.8) is 0 Å². The number of aromatic amines is 1. The summed E-state index contributed by atoms with van der Waals surface area (Å²) in [6.07, 6.45) is 1.15. The van der Waals surface area contributed by atoms with Crippen molar-refractivity contribution in [2.45, 2.75) is 32.0 Å². The number of aliphatic hydroxyl groups is 1. The molecule has 0 saturated carbocycles. The van der Waals surface area contributed by atoms with E-state index >= 15 is 0 Å². The Morgan fingerprint density at radius 1 is 1.39 bits per heavy atom. The molecule has 164 valence electrons. The second-order valence-electron chi connectivity index (χ2n) is 7.26. The summed E-state index contributed by atoms with van der Waals surface area (Å²) in [7, 11) is 0. The van der Waals surface area contributed by atoms with Crippen LogP contribution in [0.2, 0.25) is 0 Å². The van der Waals surface area contributed by atoms with Crippen LogP contribution >= 0.6 is 0 Å². The molecule has 0 bridgehead atoms. The average Bonchev–Trinajstić information content (AvgIpc) is 3.20. The molecular weight excluding hydrogens is 410 g/mol. The average molecular weight is 432 g/mol. The second-order valence-corrected chi connectivity index (χ2v) is 7.26. The van der Waals surface area contributed by atoms with Gasteiger partial charge in [-0.25, -0.2) is 18.7 Å². The topological polar surface area (TPSA) is 116 Å². The lowest BCUT2D eigenvalue weighted by Gasteiger charge is -2.29. The summed E-state index contributed by atoms with van der Waals surface area (Å²) in [5.41, 5.74) is 0.444. The minimum absolute atomic E-state index is 0.0658. The zero-order valence-electron chi connectivity index (χ0n) is 16.8. The molecule has 1 amide bonds. The molecule has 1 aliphatic rings. The first-order chi connectivity index (χ1) is 15.0. The van der Waals surface area contributed by atoms with Crippen LogP contribution in [0.5, 0.6) is 0 Å². The number of halogens is 2. The number of fused-ring (bicyclic) bond motifs is 1. The van der Waals surface area contributed by atoms with Gasteiger partial charge >= 0.3 is 0 Å². The predicted molar refractivity (Wildman–Crippen MR) is 107 cm³/mol. The molecule has 1 saturated heterocycles. The maximum atomic E-state index is 14.1. The fraction of sp³-hybridized carbons (Fsp3) is 0.400. The van der Waals surface area contributed by atoms with Crippen LogP contribution < -0.4 is 5.32 Å². The third-order valence-corrected chi connectivity index (χ3v) is 5.24. The van der Waals surface area contributed by atoms with Gasteiger partial charge in [0.15, 0.2) is 5.65 Å². The number of benzene rings is 1. The van der Waals surface area contributed by atoms with E-state index in [1.807, 2.05) is 0 Å². The molecular formula is C20H22F2N6O3. The van der Waals surface area contributed by atoms with E-state index in [1.54, 1.807) is 6.92 Å². The van der Waals surface area contributed by atoms with E-state index in [0.717, 1.165) is 18.2 Å². The number of carbonyl (C=O) groups is 1. The van der Waals surface area contributed by atoms with Crippen LogP contribution in [0.1, 0.15) is 29.4 Å². The number of rotatable bonds is 6. The molecule has 1 fully saturated rings. The number of anilines is 1.